The summed E-state index contributed by atoms with van der Waals surface area (Å²) in [5, 5.41) is 13.5. The first-order valence-electron chi connectivity index (χ1n) is 15.6. The van der Waals surface area contributed by atoms with E-state index in [0.29, 0.717) is 17.0 Å². The van der Waals surface area contributed by atoms with Crippen LogP contribution < -0.4 is 5.32 Å². The van der Waals surface area contributed by atoms with Crippen LogP contribution in [0.1, 0.15) is 108 Å². The minimum Gasteiger partial charge on any atom is -0.458 e. The monoisotopic (exact) mass is 627 g/mol. The van der Waals surface area contributed by atoms with E-state index in [1.54, 1.807) is 75.7 Å². The van der Waals surface area contributed by atoms with E-state index in [1.807, 2.05) is 24.3 Å². The molecule has 0 fully saturated rings. The molecule has 0 radical (unpaired) electrons. The summed E-state index contributed by atoms with van der Waals surface area (Å²) in [6.45, 7) is 15.6. The van der Waals surface area contributed by atoms with Crippen molar-refractivity contribution in [1.29, 1.82) is 0 Å². The van der Waals surface area contributed by atoms with E-state index in [9.17, 15) is 9.59 Å². The molecule has 0 aliphatic carbocycles. The van der Waals surface area contributed by atoms with Crippen molar-refractivity contribution in [2.75, 3.05) is 0 Å². The summed E-state index contributed by atoms with van der Waals surface area (Å²) in [7, 11) is 0. The van der Waals surface area contributed by atoms with Gasteiger partial charge >= 0.3 is 5.97 Å². The molecule has 0 saturated carbocycles. The highest BCUT2D eigenvalue weighted by molar-refractivity contribution is 7.14. The summed E-state index contributed by atoms with van der Waals surface area (Å²) < 4.78 is 5.77. The fourth-order valence-electron chi connectivity index (χ4n) is 4.76. The van der Waals surface area contributed by atoms with Crippen molar-refractivity contribution < 1.29 is 14.3 Å². The van der Waals surface area contributed by atoms with Crippen LogP contribution in [0.3, 0.4) is 0 Å². The number of rotatable bonds is 11. The van der Waals surface area contributed by atoms with Crippen molar-refractivity contribution in [2.45, 2.75) is 104 Å². The molecule has 238 valence electrons. The topological polar surface area (TPSA) is 107 Å². The number of hydrogen-bond acceptors (Lipinski definition) is 8. The van der Waals surface area contributed by atoms with Crippen molar-refractivity contribution >= 4 is 23.2 Å². The van der Waals surface area contributed by atoms with Crippen LogP contribution in [0.4, 0.5) is 0 Å². The second-order valence-corrected chi connectivity index (χ2v) is 14.7. The van der Waals surface area contributed by atoms with Crippen molar-refractivity contribution in [1.82, 2.24) is 25.5 Å². The smallest absolute Gasteiger partial charge is 0.336 e. The molecule has 1 amide bonds. The number of amides is 1. The fraction of sp³-hybridized carbons (Fsp3) is 0.444. The summed E-state index contributed by atoms with van der Waals surface area (Å²) >= 11 is 1.58. The third-order valence-electron chi connectivity index (χ3n) is 7.51. The molecular formula is C36H45N5O3S. The maximum Gasteiger partial charge on any atom is 0.336 e. The van der Waals surface area contributed by atoms with Gasteiger partial charge in [-0.25, -0.2) is 14.8 Å². The number of aromatic nitrogens is 4. The van der Waals surface area contributed by atoms with Crippen molar-refractivity contribution in [2.24, 2.45) is 0 Å². The van der Waals surface area contributed by atoms with E-state index >= 15 is 0 Å². The Balaban J connectivity index is 1.53. The van der Waals surface area contributed by atoms with Gasteiger partial charge in [-0.2, -0.15) is 0 Å². The molecule has 0 spiro atoms. The molecule has 4 aromatic rings. The summed E-state index contributed by atoms with van der Waals surface area (Å²) in [6.07, 6.45) is 9.23. The second-order valence-electron chi connectivity index (χ2n) is 13.6. The molecule has 0 unspecified atom stereocenters. The minimum atomic E-state index is -1.44. The van der Waals surface area contributed by atoms with Gasteiger partial charge < -0.3 is 10.1 Å². The lowest BCUT2D eigenvalue weighted by Crippen LogP contribution is -2.52. The van der Waals surface area contributed by atoms with Gasteiger partial charge in [-0.05, 0) is 62.8 Å². The molecule has 2 heterocycles. The quantitative estimate of drug-likeness (QED) is 0.132. The number of ether oxygens (including phenoxy) is 1. The minimum absolute atomic E-state index is 0.0407. The predicted molar refractivity (Wildman–Crippen MR) is 180 cm³/mol. The standard InChI is InChI=1S/C36H45N5O3S/c1-9-10-11-12-13-29-40-41-32(45-29)26-22-37-30(38-23-26)24-14-20-28(21-15-24)36(8,33(43)44-35(5,6)7)39-31(42)25-16-18-27(19-17-25)34(2,3)4/h14-23H,9-13H2,1-8H3,(H,39,42)/t36-/m0/s1. The van der Waals surface area contributed by atoms with E-state index in [0.717, 1.165) is 39.5 Å². The molecule has 1 N–H and O–H groups in total. The van der Waals surface area contributed by atoms with Gasteiger partial charge in [0.1, 0.15) is 10.6 Å². The molecular weight excluding hydrogens is 582 g/mol. The van der Waals surface area contributed by atoms with E-state index in [2.05, 4.69) is 53.2 Å². The molecule has 9 heteroatoms. The van der Waals surface area contributed by atoms with E-state index < -0.39 is 17.1 Å². The third-order valence-corrected chi connectivity index (χ3v) is 8.55. The van der Waals surface area contributed by atoms with Gasteiger partial charge in [0.15, 0.2) is 16.4 Å². The number of aryl methyl sites for hydroxylation is 1. The van der Waals surface area contributed by atoms with Crippen LogP contribution in [0.2, 0.25) is 0 Å². The highest BCUT2D eigenvalue weighted by Gasteiger charge is 2.40. The number of esters is 1. The van der Waals surface area contributed by atoms with Crippen molar-refractivity contribution in [3.8, 4) is 22.0 Å². The lowest BCUT2D eigenvalue weighted by atomic mass is 9.86. The zero-order chi connectivity index (χ0) is 32.8. The average molecular weight is 628 g/mol. The Kier molecular flexibility index (Phi) is 10.5. The molecule has 45 heavy (non-hydrogen) atoms. The first kappa shape index (κ1) is 33.9. The SMILES string of the molecule is CCCCCCc1nnc(-c2cnc(-c3ccc([C@](C)(NC(=O)c4ccc(C(C)(C)C)cc4)C(=O)OC(C)(C)C)cc3)nc2)s1. The maximum atomic E-state index is 13.6. The molecule has 0 saturated heterocycles. The maximum absolute atomic E-state index is 13.6. The summed E-state index contributed by atoms with van der Waals surface area (Å²) in [5.74, 6) is -0.381. The fourth-order valence-corrected chi connectivity index (χ4v) is 5.61. The Labute approximate surface area is 271 Å². The summed E-state index contributed by atoms with van der Waals surface area (Å²) in [4.78, 5) is 36.2. The molecule has 0 aliphatic heterocycles. The molecule has 0 bridgehead atoms. The number of benzene rings is 2. The Hall–Kier alpha value is -3.98. The predicted octanol–water partition coefficient (Wildman–Crippen LogP) is 8.07. The summed E-state index contributed by atoms with van der Waals surface area (Å²) in [6, 6.07) is 14.7. The van der Waals surface area contributed by atoms with Gasteiger partial charge in [-0.1, -0.05) is 94.7 Å². The number of unbranched alkanes of at least 4 members (excludes halogenated alkanes) is 3. The molecule has 1 atom stereocenters. The Morgan fingerprint density at radius 3 is 1.98 bits per heavy atom. The van der Waals surface area contributed by atoms with Gasteiger partial charge in [-0.15, -0.1) is 10.2 Å². The van der Waals surface area contributed by atoms with Crippen LogP contribution in [0.5, 0.6) is 0 Å². The molecule has 2 aromatic carbocycles. The van der Waals surface area contributed by atoms with Gasteiger partial charge in [0.05, 0.1) is 0 Å². The molecule has 0 aliphatic rings. The highest BCUT2D eigenvalue weighted by Crippen LogP contribution is 2.30. The van der Waals surface area contributed by atoms with Crippen molar-refractivity contribution in [3.63, 3.8) is 0 Å². The van der Waals surface area contributed by atoms with Crippen molar-refractivity contribution in [3.05, 3.63) is 82.6 Å². The van der Waals surface area contributed by atoms with Crippen LogP contribution in [0, 0.1) is 0 Å². The number of carbonyl (C=O) groups is 2. The lowest BCUT2D eigenvalue weighted by molar-refractivity contribution is -0.162. The van der Waals surface area contributed by atoms with Crippen LogP contribution in [0.15, 0.2) is 60.9 Å². The van der Waals surface area contributed by atoms with Crippen LogP contribution in [-0.2, 0) is 26.9 Å². The molecule has 4 rings (SSSR count). The zero-order valence-corrected chi connectivity index (χ0v) is 28.5. The average Bonchev–Trinajstić information content (AvgIpc) is 3.47. The third kappa shape index (κ3) is 8.81. The van der Waals surface area contributed by atoms with Gasteiger partial charge in [-0.3, -0.25) is 4.79 Å². The van der Waals surface area contributed by atoms with Gasteiger partial charge in [0.2, 0.25) is 0 Å². The Morgan fingerprint density at radius 2 is 1.40 bits per heavy atom. The number of hydrogen-bond donors (Lipinski definition) is 1. The first-order chi connectivity index (χ1) is 21.2. The van der Waals surface area contributed by atoms with Gasteiger partial charge in [0.25, 0.3) is 5.91 Å². The lowest BCUT2D eigenvalue weighted by Gasteiger charge is -2.33. The number of nitrogens with zero attached hydrogens (tertiary/aromatic N) is 4. The normalized spacial score (nSPS) is 13.2. The number of carbonyl (C=O) groups excluding carboxylic acids is 2. The Bertz CT molecular complexity index is 1580. The molecule has 8 nitrogen and oxygen atoms in total. The number of nitrogens with one attached hydrogen (secondary N) is 1. The van der Waals surface area contributed by atoms with E-state index in [4.69, 9.17) is 4.74 Å². The van der Waals surface area contributed by atoms with E-state index in [1.165, 1.54) is 19.3 Å². The van der Waals surface area contributed by atoms with E-state index in [-0.39, 0.29) is 11.3 Å². The van der Waals surface area contributed by atoms with Gasteiger partial charge in [0, 0.05) is 35.5 Å². The first-order valence-corrected chi connectivity index (χ1v) is 16.4. The molecule has 2 aromatic heterocycles. The zero-order valence-electron chi connectivity index (χ0n) is 27.7. The largest absolute Gasteiger partial charge is 0.458 e. The van der Waals surface area contributed by atoms with Crippen LogP contribution in [-0.4, -0.2) is 37.6 Å². The second kappa shape index (κ2) is 14.0. The van der Waals surface area contributed by atoms with Crippen LogP contribution in [0.25, 0.3) is 22.0 Å². The van der Waals surface area contributed by atoms with Crippen LogP contribution >= 0.6 is 11.3 Å². The Morgan fingerprint density at radius 1 is 0.778 bits per heavy atom. The summed E-state index contributed by atoms with van der Waals surface area (Å²) in [5.41, 5.74) is 1.53. The highest BCUT2D eigenvalue weighted by atomic mass is 32.1.